The van der Waals surface area contributed by atoms with Crippen LogP contribution in [0, 0.1) is 11.8 Å². The van der Waals surface area contributed by atoms with E-state index in [1.54, 1.807) is 0 Å². The van der Waals surface area contributed by atoms with Crippen LogP contribution in [-0.4, -0.2) is 16.3 Å². The van der Waals surface area contributed by atoms with Crippen LogP contribution in [0.2, 0.25) is 0 Å². The average molecular weight is 263 g/mol. The largest absolute Gasteiger partial charge is 0.330 e. The van der Waals surface area contributed by atoms with Crippen LogP contribution in [0.15, 0.2) is 12.3 Å². The summed E-state index contributed by atoms with van der Waals surface area (Å²) >= 11 is 0. The number of hydrogen-bond donors (Lipinski definition) is 1. The van der Waals surface area contributed by atoms with Crippen LogP contribution in [0.1, 0.15) is 64.1 Å². The van der Waals surface area contributed by atoms with Crippen molar-refractivity contribution in [3.63, 3.8) is 0 Å². The number of nitrogens with zero attached hydrogens (tertiary/aromatic N) is 2. The summed E-state index contributed by atoms with van der Waals surface area (Å²) in [7, 11) is 0. The first-order valence-corrected chi connectivity index (χ1v) is 8.02. The fourth-order valence-corrected chi connectivity index (χ4v) is 3.49. The number of hydrogen-bond acceptors (Lipinski definition) is 2. The van der Waals surface area contributed by atoms with Gasteiger partial charge in [-0.25, -0.2) is 0 Å². The quantitative estimate of drug-likeness (QED) is 0.817. The Labute approximate surface area is 117 Å². The molecule has 0 aliphatic heterocycles. The van der Waals surface area contributed by atoms with Crippen LogP contribution in [0.5, 0.6) is 0 Å². The van der Waals surface area contributed by atoms with E-state index < -0.39 is 0 Å². The van der Waals surface area contributed by atoms with E-state index in [-0.39, 0.29) is 0 Å². The molecule has 2 N–H and O–H groups in total. The fourth-order valence-electron chi connectivity index (χ4n) is 3.49. The van der Waals surface area contributed by atoms with Crippen molar-refractivity contribution in [1.29, 1.82) is 0 Å². The van der Waals surface area contributed by atoms with E-state index in [4.69, 9.17) is 10.8 Å². The lowest BCUT2D eigenvalue weighted by Crippen LogP contribution is -2.24. The summed E-state index contributed by atoms with van der Waals surface area (Å²) in [6, 6.07) is 2.74. The summed E-state index contributed by atoms with van der Waals surface area (Å²) in [5, 5.41) is 4.77. The van der Waals surface area contributed by atoms with Gasteiger partial charge in [-0.15, -0.1) is 0 Å². The van der Waals surface area contributed by atoms with Crippen LogP contribution in [0.3, 0.4) is 0 Å². The molecule has 19 heavy (non-hydrogen) atoms. The number of nitrogens with two attached hydrogens (primary N) is 1. The second-order valence-corrected chi connectivity index (χ2v) is 6.00. The van der Waals surface area contributed by atoms with Crippen LogP contribution < -0.4 is 5.73 Å². The molecule has 1 heterocycles. The highest BCUT2D eigenvalue weighted by Crippen LogP contribution is 2.32. The van der Waals surface area contributed by atoms with Crippen molar-refractivity contribution >= 4 is 0 Å². The van der Waals surface area contributed by atoms with Crippen molar-refractivity contribution in [3.8, 4) is 0 Å². The molecule has 2 rings (SSSR count). The summed E-state index contributed by atoms with van der Waals surface area (Å²) in [6.45, 7) is 5.27. The first-order valence-electron chi connectivity index (χ1n) is 8.02. The van der Waals surface area contributed by atoms with Gasteiger partial charge < -0.3 is 5.73 Å². The molecular weight excluding hydrogens is 234 g/mol. The molecule has 0 bridgehead atoms. The minimum Gasteiger partial charge on any atom is -0.330 e. The third-order valence-electron chi connectivity index (χ3n) is 4.82. The summed E-state index contributed by atoms with van der Waals surface area (Å²) in [6.07, 6.45) is 11.0. The van der Waals surface area contributed by atoms with E-state index in [2.05, 4.69) is 30.8 Å². The molecule has 1 aliphatic rings. The summed E-state index contributed by atoms with van der Waals surface area (Å²) in [5.41, 5.74) is 7.22. The Balaban J connectivity index is 1.97. The Morgan fingerprint density at radius 2 is 2.00 bits per heavy atom. The zero-order valence-electron chi connectivity index (χ0n) is 12.5. The van der Waals surface area contributed by atoms with Gasteiger partial charge in [0.1, 0.15) is 0 Å². The fraction of sp³-hybridized carbons (Fsp3) is 0.812. The molecule has 1 aliphatic carbocycles. The van der Waals surface area contributed by atoms with Gasteiger partial charge in [0, 0.05) is 6.20 Å². The van der Waals surface area contributed by atoms with Crippen LogP contribution in [0.4, 0.5) is 0 Å². The van der Waals surface area contributed by atoms with Crippen molar-refractivity contribution in [2.45, 2.75) is 64.8 Å². The Morgan fingerprint density at radius 3 is 2.58 bits per heavy atom. The molecule has 3 heteroatoms. The van der Waals surface area contributed by atoms with E-state index in [0.717, 1.165) is 31.7 Å². The van der Waals surface area contributed by atoms with E-state index in [1.165, 1.54) is 31.4 Å². The second kappa shape index (κ2) is 7.09. The first kappa shape index (κ1) is 14.6. The van der Waals surface area contributed by atoms with Gasteiger partial charge in [-0.05, 0) is 43.7 Å². The van der Waals surface area contributed by atoms with Crippen molar-refractivity contribution in [3.05, 3.63) is 18.0 Å². The van der Waals surface area contributed by atoms with Crippen molar-refractivity contribution in [2.75, 3.05) is 6.54 Å². The van der Waals surface area contributed by atoms with Gasteiger partial charge in [0.05, 0.1) is 11.7 Å². The molecule has 3 nitrogen and oxygen atoms in total. The van der Waals surface area contributed by atoms with E-state index in [1.807, 2.05) is 0 Å². The van der Waals surface area contributed by atoms with Crippen molar-refractivity contribution < 1.29 is 0 Å². The molecule has 1 saturated carbocycles. The van der Waals surface area contributed by atoms with Gasteiger partial charge in [-0.2, -0.15) is 5.10 Å². The van der Waals surface area contributed by atoms with Crippen molar-refractivity contribution in [2.24, 2.45) is 17.6 Å². The standard InChI is InChI=1S/C16H29N3/c1-3-16(4-2)19-10-9-15(18-19)11-14(12-17)13-7-5-6-8-13/h9-10,13-14,16H,3-8,11-12,17H2,1-2H3. The smallest absolute Gasteiger partial charge is 0.0628 e. The van der Waals surface area contributed by atoms with Gasteiger partial charge in [-0.3, -0.25) is 4.68 Å². The molecule has 0 amide bonds. The average Bonchev–Trinajstić information content (AvgIpc) is 3.09. The highest BCUT2D eigenvalue weighted by Gasteiger charge is 2.24. The maximum Gasteiger partial charge on any atom is 0.0628 e. The van der Waals surface area contributed by atoms with Crippen LogP contribution in [-0.2, 0) is 6.42 Å². The zero-order valence-corrected chi connectivity index (χ0v) is 12.5. The van der Waals surface area contributed by atoms with Gasteiger partial charge in [0.2, 0.25) is 0 Å². The Kier molecular flexibility index (Phi) is 5.44. The number of aromatic nitrogens is 2. The predicted octanol–water partition coefficient (Wildman–Crippen LogP) is 3.55. The molecule has 108 valence electrons. The summed E-state index contributed by atoms with van der Waals surface area (Å²) in [4.78, 5) is 0. The summed E-state index contributed by atoms with van der Waals surface area (Å²) in [5.74, 6) is 1.47. The molecule has 1 atom stereocenters. The third-order valence-corrected chi connectivity index (χ3v) is 4.82. The normalized spacial score (nSPS) is 18.3. The number of rotatable bonds is 7. The SMILES string of the molecule is CCC(CC)n1ccc(CC(CN)C2CCCC2)n1. The molecule has 0 spiro atoms. The lowest BCUT2D eigenvalue weighted by atomic mass is 9.87. The van der Waals surface area contributed by atoms with Gasteiger partial charge in [0.25, 0.3) is 0 Å². The Bertz CT molecular complexity index is 362. The van der Waals surface area contributed by atoms with E-state index >= 15 is 0 Å². The maximum atomic E-state index is 5.98. The molecule has 0 saturated heterocycles. The van der Waals surface area contributed by atoms with Crippen LogP contribution >= 0.6 is 0 Å². The lowest BCUT2D eigenvalue weighted by molar-refractivity contribution is 0.339. The van der Waals surface area contributed by atoms with E-state index in [0.29, 0.717) is 12.0 Å². The zero-order chi connectivity index (χ0) is 13.7. The van der Waals surface area contributed by atoms with Crippen LogP contribution in [0.25, 0.3) is 0 Å². The second-order valence-electron chi connectivity index (χ2n) is 6.00. The Hall–Kier alpha value is -0.830. The lowest BCUT2D eigenvalue weighted by Gasteiger charge is -2.20. The molecule has 1 fully saturated rings. The molecule has 0 radical (unpaired) electrons. The third kappa shape index (κ3) is 3.59. The molecular formula is C16H29N3. The molecule has 0 aromatic carbocycles. The topological polar surface area (TPSA) is 43.8 Å². The molecule has 1 aromatic rings. The van der Waals surface area contributed by atoms with Gasteiger partial charge in [-0.1, -0.05) is 39.5 Å². The van der Waals surface area contributed by atoms with Gasteiger partial charge >= 0.3 is 0 Å². The predicted molar refractivity (Wildman–Crippen MR) is 80.1 cm³/mol. The monoisotopic (exact) mass is 263 g/mol. The minimum absolute atomic E-state index is 0.552. The molecule has 1 aromatic heterocycles. The van der Waals surface area contributed by atoms with Gasteiger partial charge in [0.15, 0.2) is 0 Å². The Morgan fingerprint density at radius 1 is 1.32 bits per heavy atom. The first-order chi connectivity index (χ1) is 9.28. The highest BCUT2D eigenvalue weighted by atomic mass is 15.3. The molecule has 1 unspecified atom stereocenters. The van der Waals surface area contributed by atoms with E-state index in [9.17, 15) is 0 Å². The summed E-state index contributed by atoms with van der Waals surface area (Å²) < 4.78 is 2.15. The minimum atomic E-state index is 0.552. The maximum absolute atomic E-state index is 5.98. The highest BCUT2D eigenvalue weighted by molar-refractivity contribution is 5.02. The van der Waals surface area contributed by atoms with Crippen molar-refractivity contribution in [1.82, 2.24) is 9.78 Å².